The molecule has 0 bridgehead atoms. The zero-order valence-corrected chi connectivity index (χ0v) is 12.5. The van der Waals surface area contributed by atoms with Gasteiger partial charge in [0, 0.05) is 32.3 Å². The lowest BCUT2D eigenvalue weighted by Gasteiger charge is -2.25. The molecular formula is C17H26N2O. The van der Waals surface area contributed by atoms with E-state index in [0.717, 1.165) is 19.7 Å². The average Bonchev–Trinajstić information content (AvgIpc) is 3.08. The molecular weight excluding hydrogens is 248 g/mol. The molecule has 0 saturated carbocycles. The summed E-state index contributed by atoms with van der Waals surface area (Å²) in [6, 6.07) is 10.2. The van der Waals surface area contributed by atoms with Gasteiger partial charge in [-0.3, -0.25) is 4.90 Å². The predicted molar refractivity (Wildman–Crippen MR) is 82.1 cm³/mol. The smallest absolute Gasteiger partial charge is 0.0589 e. The van der Waals surface area contributed by atoms with Crippen molar-refractivity contribution in [3.63, 3.8) is 0 Å². The molecule has 110 valence electrons. The molecule has 1 fully saturated rings. The summed E-state index contributed by atoms with van der Waals surface area (Å²) in [5.74, 6) is 0. The first kappa shape index (κ1) is 14.1. The number of hydrogen-bond donors (Lipinski definition) is 1. The number of ether oxygens (including phenoxy) is 1. The Morgan fingerprint density at radius 1 is 1.25 bits per heavy atom. The third-order valence-electron chi connectivity index (χ3n) is 4.77. The highest BCUT2D eigenvalue weighted by Gasteiger charge is 2.26. The Balaban J connectivity index is 1.46. The Bertz CT molecular complexity index is 410. The summed E-state index contributed by atoms with van der Waals surface area (Å²) >= 11 is 0. The van der Waals surface area contributed by atoms with Crippen LogP contribution in [0.5, 0.6) is 0 Å². The van der Waals surface area contributed by atoms with Crippen molar-refractivity contribution in [2.45, 2.75) is 37.8 Å². The van der Waals surface area contributed by atoms with E-state index in [-0.39, 0.29) is 0 Å². The van der Waals surface area contributed by atoms with Crippen LogP contribution in [0.15, 0.2) is 24.3 Å². The lowest BCUT2D eigenvalue weighted by Crippen LogP contribution is -2.43. The maximum atomic E-state index is 5.21. The van der Waals surface area contributed by atoms with E-state index < -0.39 is 0 Å². The maximum Gasteiger partial charge on any atom is 0.0589 e. The van der Waals surface area contributed by atoms with Gasteiger partial charge in [-0.05, 0) is 43.4 Å². The molecule has 0 radical (unpaired) electrons. The van der Waals surface area contributed by atoms with Crippen LogP contribution in [0.3, 0.4) is 0 Å². The molecule has 1 heterocycles. The van der Waals surface area contributed by atoms with Gasteiger partial charge in [-0.15, -0.1) is 0 Å². The summed E-state index contributed by atoms with van der Waals surface area (Å²) in [5, 5.41) is 3.79. The third-order valence-corrected chi connectivity index (χ3v) is 4.77. The molecule has 2 aliphatic rings. The minimum Gasteiger partial charge on any atom is -0.383 e. The van der Waals surface area contributed by atoms with E-state index in [1.807, 2.05) is 0 Å². The number of nitrogens with one attached hydrogen (secondary N) is 1. The number of hydrogen-bond acceptors (Lipinski definition) is 3. The van der Waals surface area contributed by atoms with Crippen LogP contribution in [0, 0.1) is 0 Å². The number of fused-ring (bicyclic) bond motifs is 1. The molecule has 1 atom stereocenters. The quantitative estimate of drug-likeness (QED) is 0.857. The van der Waals surface area contributed by atoms with Crippen molar-refractivity contribution >= 4 is 0 Å². The SMILES string of the molecule is COCCN1CCC[C@@H]1CNC1Cc2ccccc2C1. The molecule has 0 spiro atoms. The van der Waals surface area contributed by atoms with Crippen molar-refractivity contribution in [1.82, 2.24) is 10.2 Å². The highest BCUT2D eigenvalue weighted by Crippen LogP contribution is 2.22. The summed E-state index contributed by atoms with van der Waals surface area (Å²) < 4.78 is 5.21. The molecule has 1 aliphatic carbocycles. The van der Waals surface area contributed by atoms with Gasteiger partial charge in [0.15, 0.2) is 0 Å². The molecule has 1 aliphatic heterocycles. The van der Waals surface area contributed by atoms with E-state index in [9.17, 15) is 0 Å². The summed E-state index contributed by atoms with van der Waals surface area (Å²) in [4.78, 5) is 2.58. The van der Waals surface area contributed by atoms with Gasteiger partial charge >= 0.3 is 0 Å². The monoisotopic (exact) mass is 274 g/mol. The molecule has 3 heteroatoms. The van der Waals surface area contributed by atoms with Crippen LogP contribution >= 0.6 is 0 Å². The fourth-order valence-electron chi connectivity index (χ4n) is 3.64. The minimum atomic E-state index is 0.636. The fraction of sp³-hybridized carbons (Fsp3) is 0.647. The average molecular weight is 274 g/mol. The van der Waals surface area contributed by atoms with Crippen LogP contribution in [0.25, 0.3) is 0 Å². The first-order chi connectivity index (χ1) is 9.86. The highest BCUT2D eigenvalue weighted by atomic mass is 16.5. The number of benzene rings is 1. The van der Waals surface area contributed by atoms with E-state index in [4.69, 9.17) is 4.74 Å². The molecule has 0 unspecified atom stereocenters. The summed E-state index contributed by atoms with van der Waals surface area (Å²) in [6.07, 6.45) is 5.05. The Hall–Kier alpha value is -0.900. The first-order valence-electron chi connectivity index (χ1n) is 7.90. The van der Waals surface area contributed by atoms with Gasteiger partial charge in [0.25, 0.3) is 0 Å². The van der Waals surface area contributed by atoms with Gasteiger partial charge in [-0.2, -0.15) is 0 Å². The fourth-order valence-corrected chi connectivity index (χ4v) is 3.64. The van der Waals surface area contributed by atoms with Gasteiger partial charge in [0.2, 0.25) is 0 Å². The number of nitrogens with zero attached hydrogens (tertiary/aromatic N) is 1. The van der Waals surface area contributed by atoms with Crippen molar-refractivity contribution in [3.8, 4) is 0 Å². The number of methoxy groups -OCH3 is 1. The largest absolute Gasteiger partial charge is 0.383 e. The summed E-state index contributed by atoms with van der Waals surface area (Å²) in [7, 11) is 1.79. The standard InChI is InChI=1S/C17H26N2O/c1-20-10-9-19-8-4-7-17(19)13-18-16-11-14-5-2-3-6-15(14)12-16/h2-3,5-6,16-18H,4,7-13H2,1H3/t17-/m1/s1. The molecule has 3 rings (SSSR count). The van der Waals surface area contributed by atoms with E-state index >= 15 is 0 Å². The first-order valence-corrected chi connectivity index (χ1v) is 7.90. The second-order valence-electron chi connectivity index (χ2n) is 6.11. The number of rotatable bonds is 6. The van der Waals surface area contributed by atoms with Crippen molar-refractivity contribution in [2.24, 2.45) is 0 Å². The number of likely N-dealkylation sites (tertiary alicyclic amines) is 1. The summed E-state index contributed by atoms with van der Waals surface area (Å²) in [6.45, 7) is 4.29. The van der Waals surface area contributed by atoms with Crippen LogP contribution in [-0.4, -0.2) is 50.3 Å². The Morgan fingerprint density at radius 3 is 2.70 bits per heavy atom. The van der Waals surface area contributed by atoms with Crippen molar-refractivity contribution < 1.29 is 4.74 Å². The summed E-state index contributed by atoms with van der Waals surface area (Å²) in [5.41, 5.74) is 3.07. The van der Waals surface area contributed by atoms with Crippen LogP contribution in [0.1, 0.15) is 24.0 Å². The molecule has 20 heavy (non-hydrogen) atoms. The molecule has 0 amide bonds. The lowest BCUT2D eigenvalue weighted by atomic mass is 10.1. The maximum absolute atomic E-state index is 5.21. The van der Waals surface area contributed by atoms with Gasteiger partial charge < -0.3 is 10.1 Å². The van der Waals surface area contributed by atoms with Crippen molar-refractivity contribution in [1.29, 1.82) is 0 Å². The second-order valence-corrected chi connectivity index (χ2v) is 6.11. The normalized spacial score (nSPS) is 23.4. The van der Waals surface area contributed by atoms with Crippen LogP contribution in [-0.2, 0) is 17.6 Å². The Kier molecular flexibility index (Phi) is 4.71. The zero-order valence-electron chi connectivity index (χ0n) is 12.5. The molecule has 0 aromatic heterocycles. The van der Waals surface area contributed by atoms with Crippen molar-refractivity contribution in [3.05, 3.63) is 35.4 Å². The van der Waals surface area contributed by atoms with E-state index in [1.54, 1.807) is 7.11 Å². The van der Waals surface area contributed by atoms with E-state index in [0.29, 0.717) is 12.1 Å². The van der Waals surface area contributed by atoms with Crippen LogP contribution in [0.2, 0.25) is 0 Å². The van der Waals surface area contributed by atoms with Gasteiger partial charge in [-0.1, -0.05) is 24.3 Å². The molecule has 3 nitrogen and oxygen atoms in total. The Morgan fingerprint density at radius 2 is 2.00 bits per heavy atom. The third kappa shape index (κ3) is 3.22. The zero-order chi connectivity index (χ0) is 13.8. The Labute approximate surface area is 122 Å². The molecule has 1 saturated heterocycles. The van der Waals surface area contributed by atoms with Gasteiger partial charge in [0.1, 0.15) is 0 Å². The molecule has 1 aromatic rings. The second kappa shape index (κ2) is 6.70. The highest BCUT2D eigenvalue weighted by molar-refractivity contribution is 5.33. The predicted octanol–water partition coefficient (Wildman–Crippen LogP) is 1.85. The van der Waals surface area contributed by atoms with Gasteiger partial charge in [-0.25, -0.2) is 0 Å². The van der Waals surface area contributed by atoms with Crippen LogP contribution < -0.4 is 5.32 Å². The van der Waals surface area contributed by atoms with E-state index in [1.165, 1.54) is 43.4 Å². The van der Waals surface area contributed by atoms with Crippen LogP contribution in [0.4, 0.5) is 0 Å². The van der Waals surface area contributed by atoms with Gasteiger partial charge in [0.05, 0.1) is 6.61 Å². The minimum absolute atomic E-state index is 0.636. The lowest BCUT2D eigenvalue weighted by molar-refractivity contribution is 0.139. The van der Waals surface area contributed by atoms with E-state index in [2.05, 4.69) is 34.5 Å². The topological polar surface area (TPSA) is 24.5 Å². The van der Waals surface area contributed by atoms with Crippen molar-refractivity contribution in [2.75, 3.05) is 33.4 Å². The molecule has 1 aromatic carbocycles. The molecule has 1 N–H and O–H groups in total.